The fourth-order valence-electron chi connectivity index (χ4n) is 3.04. The highest BCUT2D eigenvalue weighted by molar-refractivity contribution is 7.90. The van der Waals surface area contributed by atoms with E-state index < -0.39 is 10.2 Å². The molecular weight excluding hydrogens is 390 g/mol. The Morgan fingerprint density at radius 1 is 1.07 bits per heavy atom. The lowest BCUT2D eigenvalue weighted by Crippen LogP contribution is -2.27. The summed E-state index contributed by atoms with van der Waals surface area (Å²) < 4.78 is 29.7. The van der Waals surface area contributed by atoms with Crippen molar-refractivity contribution < 1.29 is 17.9 Å². The maximum Gasteiger partial charge on any atom is 0.296 e. The lowest BCUT2D eigenvalue weighted by Gasteiger charge is -2.14. The van der Waals surface area contributed by atoms with Crippen molar-refractivity contribution in [3.63, 3.8) is 0 Å². The normalized spacial score (nSPS) is 12.4. The zero-order valence-electron chi connectivity index (χ0n) is 16.2. The molecule has 0 aliphatic heterocycles. The second kappa shape index (κ2) is 8.50. The van der Waals surface area contributed by atoms with Crippen LogP contribution in [-0.2, 0) is 21.5 Å². The summed E-state index contributed by atoms with van der Waals surface area (Å²) >= 11 is 0. The van der Waals surface area contributed by atoms with Crippen molar-refractivity contribution in [2.24, 2.45) is 5.14 Å². The molecule has 4 N–H and O–H groups in total. The molecule has 3 aromatic carbocycles. The van der Waals surface area contributed by atoms with Gasteiger partial charge in [0.25, 0.3) is 10.2 Å². The number of nitrogens with two attached hydrogens (primary N) is 1. The van der Waals surface area contributed by atoms with E-state index in [9.17, 15) is 13.2 Å². The highest BCUT2D eigenvalue weighted by atomic mass is 32.2. The van der Waals surface area contributed by atoms with Crippen LogP contribution in [0, 0.1) is 0 Å². The van der Waals surface area contributed by atoms with Crippen molar-refractivity contribution in [1.82, 2.24) is 5.32 Å². The Labute approximate surface area is 170 Å². The topological polar surface area (TPSA) is 111 Å². The number of rotatable bonds is 7. The molecule has 0 aromatic heterocycles. The average molecular weight is 413 g/mol. The SMILES string of the molecule is COc1ccc2cc(C(C)C(=O)NCc3cccc(NS(N)(=O)=O)c3)ccc2c1. The maximum atomic E-state index is 12.6. The number of ether oxygens (including phenoxy) is 1. The van der Waals surface area contributed by atoms with Gasteiger partial charge in [-0.25, -0.2) is 5.14 Å². The average Bonchev–Trinajstić information content (AvgIpc) is 2.69. The van der Waals surface area contributed by atoms with Gasteiger partial charge in [-0.05, 0) is 53.1 Å². The largest absolute Gasteiger partial charge is 0.497 e. The van der Waals surface area contributed by atoms with E-state index in [2.05, 4.69) is 10.0 Å². The van der Waals surface area contributed by atoms with Crippen molar-refractivity contribution in [2.75, 3.05) is 11.8 Å². The van der Waals surface area contributed by atoms with E-state index in [1.165, 1.54) is 0 Å². The third-order valence-electron chi connectivity index (χ3n) is 4.62. The number of benzene rings is 3. The van der Waals surface area contributed by atoms with Crippen LogP contribution in [0.2, 0.25) is 0 Å². The Balaban J connectivity index is 1.68. The summed E-state index contributed by atoms with van der Waals surface area (Å²) in [4.78, 5) is 12.6. The van der Waals surface area contributed by atoms with Crippen molar-refractivity contribution >= 4 is 32.6 Å². The molecule has 1 amide bonds. The fourth-order valence-corrected chi connectivity index (χ4v) is 3.50. The van der Waals surface area contributed by atoms with E-state index in [1.807, 2.05) is 43.3 Å². The van der Waals surface area contributed by atoms with Crippen LogP contribution in [-0.4, -0.2) is 21.4 Å². The highest BCUT2D eigenvalue weighted by Crippen LogP contribution is 2.25. The molecule has 0 aliphatic rings. The quantitative estimate of drug-likeness (QED) is 0.553. The second-order valence-electron chi connectivity index (χ2n) is 6.76. The number of hydrogen-bond donors (Lipinski definition) is 3. The van der Waals surface area contributed by atoms with Gasteiger partial charge in [0.2, 0.25) is 5.91 Å². The summed E-state index contributed by atoms with van der Waals surface area (Å²) in [6.07, 6.45) is 0. The van der Waals surface area contributed by atoms with Gasteiger partial charge in [-0.1, -0.05) is 36.4 Å². The number of hydrogen-bond acceptors (Lipinski definition) is 4. The van der Waals surface area contributed by atoms with Crippen LogP contribution in [0.3, 0.4) is 0 Å². The predicted molar refractivity (Wildman–Crippen MR) is 114 cm³/mol. The Morgan fingerprint density at radius 2 is 1.79 bits per heavy atom. The molecule has 29 heavy (non-hydrogen) atoms. The van der Waals surface area contributed by atoms with Gasteiger partial charge in [0.15, 0.2) is 0 Å². The van der Waals surface area contributed by atoms with Crippen LogP contribution >= 0.6 is 0 Å². The Kier molecular flexibility index (Phi) is 6.05. The fraction of sp³-hybridized carbons (Fsp3) is 0.190. The minimum Gasteiger partial charge on any atom is -0.497 e. The summed E-state index contributed by atoms with van der Waals surface area (Å²) in [6, 6.07) is 18.4. The Morgan fingerprint density at radius 3 is 2.52 bits per heavy atom. The molecule has 0 fully saturated rings. The number of methoxy groups -OCH3 is 1. The monoisotopic (exact) mass is 413 g/mol. The molecule has 8 heteroatoms. The van der Waals surface area contributed by atoms with Gasteiger partial charge >= 0.3 is 0 Å². The zero-order valence-corrected chi connectivity index (χ0v) is 17.0. The van der Waals surface area contributed by atoms with Gasteiger partial charge in [-0.15, -0.1) is 0 Å². The molecular formula is C21H23N3O4S. The lowest BCUT2D eigenvalue weighted by molar-refractivity contribution is -0.122. The van der Waals surface area contributed by atoms with Crippen LogP contribution in [0.15, 0.2) is 60.7 Å². The molecule has 152 valence electrons. The van der Waals surface area contributed by atoms with Gasteiger partial charge < -0.3 is 10.1 Å². The summed E-state index contributed by atoms with van der Waals surface area (Å²) in [5.41, 5.74) is 2.01. The molecule has 1 atom stereocenters. The Hall–Kier alpha value is -3.10. The van der Waals surface area contributed by atoms with Gasteiger partial charge in [0.1, 0.15) is 5.75 Å². The molecule has 3 aromatic rings. The summed E-state index contributed by atoms with van der Waals surface area (Å²) in [6.45, 7) is 2.12. The van der Waals surface area contributed by atoms with E-state index in [0.717, 1.165) is 27.6 Å². The molecule has 0 heterocycles. The molecule has 0 saturated heterocycles. The third kappa shape index (κ3) is 5.46. The minimum atomic E-state index is -3.84. The summed E-state index contributed by atoms with van der Waals surface area (Å²) in [7, 11) is -2.21. The number of fused-ring (bicyclic) bond motifs is 1. The first-order chi connectivity index (χ1) is 13.7. The molecule has 0 saturated carbocycles. The molecule has 0 aliphatic carbocycles. The third-order valence-corrected chi connectivity index (χ3v) is 5.14. The number of carbonyl (C=O) groups is 1. The van der Waals surface area contributed by atoms with Crippen LogP contribution < -0.4 is 19.9 Å². The van der Waals surface area contributed by atoms with Crippen molar-refractivity contribution in [3.8, 4) is 5.75 Å². The van der Waals surface area contributed by atoms with Gasteiger partial charge in [-0.2, -0.15) is 8.42 Å². The van der Waals surface area contributed by atoms with Crippen LogP contribution in [0.1, 0.15) is 24.0 Å². The first-order valence-electron chi connectivity index (χ1n) is 9.00. The van der Waals surface area contributed by atoms with Crippen LogP contribution in [0.25, 0.3) is 10.8 Å². The number of carbonyl (C=O) groups excluding carboxylic acids is 1. The van der Waals surface area contributed by atoms with Crippen molar-refractivity contribution in [3.05, 3.63) is 71.8 Å². The van der Waals surface area contributed by atoms with Crippen LogP contribution in [0.4, 0.5) is 5.69 Å². The van der Waals surface area contributed by atoms with Crippen molar-refractivity contribution in [2.45, 2.75) is 19.4 Å². The van der Waals surface area contributed by atoms with Crippen molar-refractivity contribution in [1.29, 1.82) is 0 Å². The molecule has 0 radical (unpaired) electrons. The molecule has 7 nitrogen and oxygen atoms in total. The molecule has 3 rings (SSSR count). The number of anilines is 1. The standard InChI is InChI=1S/C21H23N3O4S/c1-14(16-6-7-18-12-20(28-2)9-8-17(18)11-16)21(25)23-13-15-4-3-5-19(10-15)24-29(22,26)27/h3-12,14,24H,13H2,1-2H3,(H,23,25)(H2,22,26,27). The van der Waals surface area contributed by atoms with E-state index in [4.69, 9.17) is 9.88 Å². The van der Waals surface area contributed by atoms with Gasteiger partial charge in [0.05, 0.1) is 18.7 Å². The van der Waals surface area contributed by atoms with Crippen LogP contribution in [0.5, 0.6) is 5.75 Å². The minimum absolute atomic E-state index is 0.123. The molecule has 0 bridgehead atoms. The smallest absolute Gasteiger partial charge is 0.296 e. The van der Waals surface area contributed by atoms with E-state index >= 15 is 0 Å². The predicted octanol–water partition coefficient (Wildman–Crippen LogP) is 2.88. The molecule has 1 unspecified atom stereocenters. The Bertz CT molecular complexity index is 1150. The number of amides is 1. The first-order valence-corrected chi connectivity index (χ1v) is 10.5. The zero-order chi connectivity index (χ0) is 21.0. The maximum absolute atomic E-state index is 12.6. The van der Waals surface area contributed by atoms with Gasteiger partial charge in [-0.3, -0.25) is 9.52 Å². The first kappa shape index (κ1) is 20.6. The molecule has 0 spiro atoms. The summed E-state index contributed by atoms with van der Waals surface area (Å²) in [5.74, 6) is 0.324. The van der Waals surface area contributed by atoms with E-state index in [0.29, 0.717) is 5.69 Å². The second-order valence-corrected chi connectivity index (χ2v) is 8.05. The lowest BCUT2D eigenvalue weighted by atomic mass is 9.97. The van der Waals surface area contributed by atoms with E-state index in [-0.39, 0.29) is 18.4 Å². The number of nitrogens with one attached hydrogen (secondary N) is 2. The summed E-state index contributed by atoms with van der Waals surface area (Å²) in [5, 5.41) is 9.94. The van der Waals surface area contributed by atoms with E-state index in [1.54, 1.807) is 31.4 Å². The van der Waals surface area contributed by atoms with Gasteiger partial charge in [0, 0.05) is 6.54 Å². The highest BCUT2D eigenvalue weighted by Gasteiger charge is 2.15.